The summed E-state index contributed by atoms with van der Waals surface area (Å²) in [5.41, 5.74) is 0.514. The first-order valence-corrected chi connectivity index (χ1v) is 8.44. The van der Waals surface area contributed by atoms with Gasteiger partial charge in [0.15, 0.2) is 0 Å². The van der Waals surface area contributed by atoms with E-state index in [1.807, 2.05) is 41.5 Å². The van der Waals surface area contributed by atoms with Crippen molar-refractivity contribution in [2.45, 2.75) is 52.4 Å². The third-order valence-corrected chi connectivity index (χ3v) is 4.55. The summed E-state index contributed by atoms with van der Waals surface area (Å²) in [5, 5.41) is 41.7. The molecule has 0 aliphatic heterocycles. The minimum Gasteiger partial charge on any atom is -0.508 e. The third kappa shape index (κ3) is 3.49. The van der Waals surface area contributed by atoms with E-state index in [0.29, 0.717) is 11.1 Å². The van der Waals surface area contributed by atoms with Gasteiger partial charge in [0.2, 0.25) is 0 Å². The molecule has 2 aromatic rings. The lowest BCUT2D eigenvalue weighted by molar-refractivity contribution is 0.432. The van der Waals surface area contributed by atoms with Gasteiger partial charge in [0.1, 0.15) is 23.0 Å². The molecule has 0 heterocycles. The molecule has 0 amide bonds. The summed E-state index contributed by atoms with van der Waals surface area (Å²) in [5.74, 6) is -0.445. The molecule has 4 nitrogen and oxygen atoms in total. The van der Waals surface area contributed by atoms with Crippen LogP contribution in [-0.2, 0) is 10.8 Å². The zero-order valence-electron chi connectivity index (χ0n) is 15.4. The average Bonchev–Trinajstić information content (AvgIpc) is 2.42. The Labute approximate surface area is 153 Å². The molecule has 4 N–H and O–H groups in total. The van der Waals surface area contributed by atoms with Crippen LogP contribution in [0.15, 0.2) is 18.2 Å². The largest absolute Gasteiger partial charge is 0.508 e. The standard InChI is InChI=1S/C20H25ClO4/c1-19(2,3)12-9-13(22)10(7-14(12)23)11-8-15(24)16(20(4,5)6)17(21)18(11)25/h7-9,22-25H,1-6H3. The molecule has 5 heteroatoms. The number of halogens is 1. The highest BCUT2D eigenvalue weighted by Crippen LogP contribution is 2.49. The maximum atomic E-state index is 10.5. The second kappa shape index (κ2) is 6.03. The van der Waals surface area contributed by atoms with E-state index in [4.69, 9.17) is 11.6 Å². The van der Waals surface area contributed by atoms with Crippen molar-refractivity contribution < 1.29 is 20.4 Å². The quantitative estimate of drug-likeness (QED) is 0.509. The Morgan fingerprint density at radius 3 is 1.68 bits per heavy atom. The van der Waals surface area contributed by atoms with Gasteiger partial charge in [-0.25, -0.2) is 0 Å². The van der Waals surface area contributed by atoms with Crippen molar-refractivity contribution in [1.82, 2.24) is 0 Å². The van der Waals surface area contributed by atoms with Crippen LogP contribution in [0.1, 0.15) is 52.7 Å². The summed E-state index contributed by atoms with van der Waals surface area (Å²) in [6.07, 6.45) is 0. The van der Waals surface area contributed by atoms with E-state index in [1.54, 1.807) is 0 Å². The summed E-state index contributed by atoms with van der Waals surface area (Å²) < 4.78 is 0. The van der Waals surface area contributed by atoms with Crippen LogP contribution in [0.25, 0.3) is 11.1 Å². The molecule has 0 saturated carbocycles. The van der Waals surface area contributed by atoms with Crippen molar-refractivity contribution in [3.8, 4) is 34.1 Å². The average molecular weight is 365 g/mol. The molecule has 0 atom stereocenters. The fraction of sp³-hybridized carbons (Fsp3) is 0.400. The topological polar surface area (TPSA) is 80.9 Å². The van der Waals surface area contributed by atoms with Crippen LogP contribution in [-0.4, -0.2) is 20.4 Å². The van der Waals surface area contributed by atoms with E-state index < -0.39 is 5.41 Å². The third-order valence-electron chi connectivity index (χ3n) is 4.18. The molecule has 0 aliphatic carbocycles. The molecule has 2 aromatic carbocycles. The van der Waals surface area contributed by atoms with E-state index >= 15 is 0 Å². The van der Waals surface area contributed by atoms with Crippen LogP contribution >= 0.6 is 11.6 Å². The first-order chi connectivity index (χ1) is 11.2. The molecule has 0 saturated heterocycles. The van der Waals surface area contributed by atoms with E-state index in [1.165, 1.54) is 18.2 Å². The van der Waals surface area contributed by atoms with Crippen molar-refractivity contribution in [1.29, 1.82) is 0 Å². The monoisotopic (exact) mass is 364 g/mol. The predicted octanol–water partition coefficient (Wildman–Crippen LogP) is 5.42. The minimum atomic E-state index is -0.475. The van der Waals surface area contributed by atoms with Crippen LogP contribution in [0.3, 0.4) is 0 Å². The Hall–Kier alpha value is -2.07. The number of phenols is 4. The summed E-state index contributed by atoms with van der Waals surface area (Å²) in [7, 11) is 0. The van der Waals surface area contributed by atoms with Crippen LogP contribution in [0.5, 0.6) is 23.0 Å². The second-order valence-corrected chi connectivity index (χ2v) is 8.75. The number of hydrogen-bond donors (Lipinski definition) is 4. The highest BCUT2D eigenvalue weighted by molar-refractivity contribution is 6.33. The number of hydrogen-bond acceptors (Lipinski definition) is 4. The molecule has 0 radical (unpaired) electrons. The lowest BCUT2D eigenvalue weighted by Gasteiger charge is -2.25. The number of benzene rings is 2. The van der Waals surface area contributed by atoms with Gasteiger partial charge in [-0.2, -0.15) is 0 Å². The summed E-state index contributed by atoms with van der Waals surface area (Å²) in [4.78, 5) is 0. The van der Waals surface area contributed by atoms with Crippen molar-refractivity contribution in [3.63, 3.8) is 0 Å². The van der Waals surface area contributed by atoms with E-state index in [0.717, 1.165) is 0 Å². The fourth-order valence-electron chi connectivity index (χ4n) is 2.94. The maximum Gasteiger partial charge on any atom is 0.142 e. The Morgan fingerprint density at radius 1 is 0.680 bits per heavy atom. The molecule has 0 unspecified atom stereocenters. The Kier molecular flexibility index (Phi) is 4.64. The molecule has 136 valence electrons. The lowest BCUT2D eigenvalue weighted by Crippen LogP contribution is -2.12. The van der Waals surface area contributed by atoms with Gasteiger partial charge in [0.05, 0.1) is 5.02 Å². The summed E-state index contributed by atoms with van der Waals surface area (Å²) in [6.45, 7) is 11.4. The molecular formula is C20H25ClO4. The van der Waals surface area contributed by atoms with E-state index in [9.17, 15) is 20.4 Å². The molecule has 0 fully saturated rings. The van der Waals surface area contributed by atoms with Gasteiger partial charge in [0, 0.05) is 22.3 Å². The van der Waals surface area contributed by atoms with Gasteiger partial charge in [0.25, 0.3) is 0 Å². The first kappa shape index (κ1) is 19.3. The molecule has 25 heavy (non-hydrogen) atoms. The van der Waals surface area contributed by atoms with Crippen LogP contribution in [0.4, 0.5) is 0 Å². The predicted molar refractivity (Wildman–Crippen MR) is 101 cm³/mol. The molecule has 0 bridgehead atoms. The van der Waals surface area contributed by atoms with Crippen LogP contribution < -0.4 is 0 Å². The Balaban J connectivity index is 2.75. The Morgan fingerprint density at radius 2 is 1.20 bits per heavy atom. The Bertz CT molecular complexity index is 827. The van der Waals surface area contributed by atoms with Crippen molar-refractivity contribution in [3.05, 3.63) is 34.3 Å². The molecule has 0 aliphatic rings. The van der Waals surface area contributed by atoms with Crippen molar-refractivity contribution >= 4 is 11.6 Å². The van der Waals surface area contributed by atoms with Gasteiger partial charge in [-0.1, -0.05) is 53.1 Å². The lowest BCUT2D eigenvalue weighted by atomic mass is 9.83. The van der Waals surface area contributed by atoms with E-state index in [2.05, 4.69) is 0 Å². The zero-order valence-corrected chi connectivity index (χ0v) is 16.2. The smallest absolute Gasteiger partial charge is 0.142 e. The second-order valence-electron chi connectivity index (χ2n) is 8.37. The number of aromatic hydroxyl groups is 4. The number of phenolic OH excluding ortho intramolecular Hbond substituents is 4. The van der Waals surface area contributed by atoms with E-state index in [-0.39, 0.29) is 44.6 Å². The normalized spacial score (nSPS) is 12.4. The van der Waals surface area contributed by atoms with Crippen LogP contribution in [0.2, 0.25) is 5.02 Å². The molecular weight excluding hydrogens is 340 g/mol. The van der Waals surface area contributed by atoms with Gasteiger partial charge in [-0.15, -0.1) is 0 Å². The van der Waals surface area contributed by atoms with Crippen molar-refractivity contribution in [2.75, 3.05) is 0 Å². The summed E-state index contributed by atoms with van der Waals surface area (Å²) in [6, 6.07) is 4.19. The van der Waals surface area contributed by atoms with Crippen molar-refractivity contribution in [2.24, 2.45) is 0 Å². The highest BCUT2D eigenvalue weighted by Gasteiger charge is 2.28. The molecule has 0 spiro atoms. The summed E-state index contributed by atoms with van der Waals surface area (Å²) >= 11 is 6.28. The fourth-order valence-corrected chi connectivity index (χ4v) is 3.42. The zero-order chi connectivity index (χ0) is 19.3. The van der Waals surface area contributed by atoms with Gasteiger partial charge >= 0.3 is 0 Å². The first-order valence-electron chi connectivity index (χ1n) is 8.07. The maximum absolute atomic E-state index is 10.5. The molecule has 0 aromatic heterocycles. The molecule has 2 rings (SSSR count). The highest BCUT2D eigenvalue weighted by atomic mass is 35.5. The van der Waals surface area contributed by atoms with Gasteiger partial charge < -0.3 is 20.4 Å². The SMILES string of the molecule is CC(C)(C)c1cc(O)c(-c2cc(O)c(C(C)(C)C)c(Cl)c2O)cc1O. The minimum absolute atomic E-state index is 0.00444. The number of rotatable bonds is 1. The van der Waals surface area contributed by atoms with Gasteiger partial charge in [-0.3, -0.25) is 0 Å². The van der Waals surface area contributed by atoms with Gasteiger partial charge in [-0.05, 0) is 29.0 Å². The van der Waals surface area contributed by atoms with Crippen LogP contribution in [0, 0.1) is 0 Å².